The molecule has 0 aliphatic rings. The highest BCUT2D eigenvalue weighted by atomic mass is 35.5. The van der Waals surface area contributed by atoms with Crippen molar-refractivity contribution in [2.24, 2.45) is 0 Å². The van der Waals surface area contributed by atoms with E-state index in [9.17, 15) is 0 Å². The standard InChI is InChI=1S/C11H14ClN5O2/c1-3-19-9-5-7(4-8(12)10(9)18-2)6-13-11-14-16-17-15-11/h4-5H,3,6H2,1-2H3,(H2,13,14,15,16,17). The number of hydrogen-bond donors (Lipinski definition) is 2. The number of tetrazole rings is 1. The molecule has 2 N–H and O–H groups in total. The van der Waals surface area contributed by atoms with E-state index in [2.05, 4.69) is 25.9 Å². The summed E-state index contributed by atoms with van der Waals surface area (Å²) < 4.78 is 10.7. The van der Waals surface area contributed by atoms with Gasteiger partial charge in [0.05, 0.1) is 18.7 Å². The first-order valence-corrected chi connectivity index (χ1v) is 6.09. The van der Waals surface area contributed by atoms with E-state index < -0.39 is 0 Å². The highest BCUT2D eigenvalue weighted by Crippen LogP contribution is 2.36. The number of nitrogens with one attached hydrogen (secondary N) is 2. The van der Waals surface area contributed by atoms with E-state index in [0.717, 1.165) is 5.56 Å². The van der Waals surface area contributed by atoms with Gasteiger partial charge in [0.2, 0.25) is 0 Å². The number of methoxy groups -OCH3 is 1. The van der Waals surface area contributed by atoms with Crippen LogP contribution in [0.15, 0.2) is 12.1 Å². The molecular weight excluding hydrogens is 270 g/mol. The smallest absolute Gasteiger partial charge is 0.263 e. The van der Waals surface area contributed by atoms with Gasteiger partial charge < -0.3 is 14.8 Å². The Kier molecular flexibility index (Phi) is 4.40. The Morgan fingerprint density at radius 3 is 2.89 bits per heavy atom. The molecule has 0 radical (unpaired) electrons. The lowest BCUT2D eigenvalue weighted by Crippen LogP contribution is -2.03. The lowest BCUT2D eigenvalue weighted by Gasteiger charge is -2.13. The van der Waals surface area contributed by atoms with Crippen LogP contribution in [0, 0.1) is 0 Å². The number of benzene rings is 1. The fraction of sp³-hybridized carbons (Fsp3) is 0.364. The van der Waals surface area contributed by atoms with Gasteiger partial charge in [-0.1, -0.05) is 16.7 Å². The summed E-state index contributed by atoms with van der Waals surface area (Å²) in [4.78, 5) is 0. The Balaban J connectivity index is 2.16. The third-order valence-electron chi connectivity index (χ3n) is 2.37. The molecule has 7 nitrogen and oxygen atoms in total. The molecule has 0 aliphatic carbocycles. The summed E-state index contributed by atoms with van der Waals surface area (Å²) in [7, 11) is 1.56. The minimum Gasteiger partial charge on any atom is -0.491 e. The maximum Gasteiger partial charge on any atom is 0.263 e. The number of halogens is 1. The molecule has 1 aromatic carbocycles. The maximum atomic E-state index is 6.15. The van der Waals surface area contributed by atoms with Crippen LogP contribution in [0.3, 0.4) is 0 Å². The number of aromatic nitrogens is 4. The van der Waals surface area contributed by atoms with Crippen molar-refractivity contribution in [2.45, 2.75) is 13.5 Å². The zero-order valence-electron chi connectivity index (χ0n) is 10.6. The molecule has 0 amide bonds. The second-order valence-electron chi connectivity index (χ2n) is 3.63. The van der Waals surface area contributed by atoms with Crippen LogP contribution < -0.4 is 14.8 Å². The molecule has 1 aromatic heterocycles. The van der Waals surface area contributed by atoms with Crippen molar-refractivity contribution >= 4 is 17.5 Å². The minimum atomic E-state index is 0.421. The third-order valence-corrected chi connectivity index (χ3v) is 2.65. The Morgan fingerprint density at radius 1 is 1.42 bits per heavy atom. The number of hydrogen-bond acceptors (Lipinski definition) is 6. The summed E-state index contributed by atoms with van der Waals surface area (Å²) >= 11 is 6.15. The topological polar surface area (TPSA) is 85.0 Å². The van der Waals surface area contributed by atoms with E-state index in [1.165, 1.54) is 0 Å². The van der Waals surface area contributed by atoms with Crippen molar-refractivity contribution in [2.75, 3.05) is 19.0 Å². The van der Waals surface area contributed by atoms with Crippen LogP contribution in [0.4, 0.5) is 5.95 Å². The minimum absolute atomic E-state index is 0.421. The number of anilines is 1. The molecule has 0 fully saturated rings. The highest BCUT2D eigenvalue weighted by molar-refractivity contribution is 6.32. The highest BCUT2D eigenvalue weighted by Gasteiger charge is 2.11. The van der Waals surface area contributed by atoms with Crippen molar-refractivity contribution in [3.8, 4) is 11.5 Å². The van der Waals surface area contributed by atoms with Gasteiger partial charge in [0, 0.05) is 6.54 Å². The summed E-state index contributed by atoms with van der Waals surface area (Å²) in [5, 5.41) is 16.9. The second-order valence-corrected chi connectivity index (χ2v) is 4.04. The van der Waals surface area contributed by atoms with E-state index in [-0.39, 0.29) is 0 Å². The van der Waals surface area contributed by atoms with Gasteiger partial charge >= 0.3 is 0 Å². The molecule has 19 heavy (non-hydrogen) atoms. The summed E-state index contributed by atoms with van der Waals surface area (Å²) in [5.41, 5.74) is 0.930. The van der Waals surface area contributed by atoms with Crippen LogP contribution in [-0.2, 0) is 6.54 Å². The lowest BCUT2D eigenvalue weighted by atomic mass is 10.2. The van der Waals surface area contributed by atoms with Gasteiger partial charge in [-0.05, 0) is 29.8 Å². The Hall–Kier alpha value is -2.02. The van der Waals surface area contributed by atoms with Crippen molar-refractivity contribution < 1.29 is 9.47 Å². The van der Waals surface area contributed by atoms with Crippen LogP contribution in [0.25, 0.3) is 0 Å². The van der Waals surface area contributed by atoms with Gasteiger partial charge in [-0.3, -0.25) is 0 Å². The molecule has 0 saturated heterocycles. The van der Waals surface area contributed by atoms with Gasteiger partial charge in [-0.2, -0.15) is 5.21 Å². The SMILES string of the molecule is CCOc1cc(CNc2nn[nH]n2)cc(Cl)c1OC. The van der Waals surface area contributed by atoms with Crippen LogP contribution in [-0.4, -0.2) is 34.3 Å². The number of H-pyrrole nitrogens is 1. The predicted octanol–water partition coefficient (Wildman–Crippen LogP) is 1.87. The summed E-state index contributed by atoms with van der Waals surface area (Å²) in [6, 6.07) is 3.66. The van der Waals surface area contributed by atoms with E-state index in [0.29, 0.717) is 35.6 Å². The fourth-order valence-corrected chi connectivity index (χ4v) is 1.91. The Morgan fingerprint density at radius 2 is 2.26 bits per heavy atom. The predicted molar refractivity (Wildman–Crippen MR) is 70.7 cm³/mol. The number of rotatable bonds is 6. The molecule has 0 aliphatic heterocycles. The Labute approximate surface area is 115 Å². The quantitative estimate of drug-likeness (QED) is 0.842. The fourth-order valence-electron chi connectivity index (χ4n) is 1.60. The molecule has 0 spiro atoms. The van der Waals surface area contributed by atoms with Crippen LogP contribution in [0.1, 0.15) is 12.5 Å². The average Bonchev–Trinajstić information content (AvgIpc) is 2.90. The molecule has 0 unspecified atom stereocenters. The normalized spacial score (nSPS) is 10.3. The van der Waals surface area contributed by atoms with Gasteiger partial charge in [0.15, 0.2) is 11.5 Å². The molecule has 0 atom stereocenters. The van der Waals surface area contributed by atoms with E-state index in [1.54, 1.807) is 13.2 Å². The van der Waals surface area contributed by atoms with Gasteiger partial charge in [0.25, 0.3) is 5.95 Å². The molecule has 1 heterocycles. The summed E-state index contributed by atoms with van der Waals surface area (Å²) in [5.74, 6) is 1.57. The van der Waals surface area contributed by atoms with Crippen LogP contribution in [0.2, 0.25) is 5.02 Å². The van der Waals surface area contributed by atoms with Crippen molar-refractivity contribution in [1.82, 2.24) is 20.6 Å². The Bertz CT molecular complexity index is 532. The van der Waals surface area contributed by atoms with Gasteiger partial charge in [-0.25, -0.2) is 0 Å². The molecule has 0 saturated carbocycles. The summed E-state index contributed by atoms with van der Waals surface area (Å²) in [6.45, 7) is 2.94. The van der Waals surface area contributed by atoms with Gasteiger partial charge in [-0.15, -0.1) is 5.10 Å². The van der Waals surface area contributed by atoms with Gasteiger partial charge in [0.1, 0.15) is 0 Å². The largest absolute Gasteiger partial charge is 0.491 e. The number of aromatic amines is 1. The maximum absolute atomic E-state index is 6.15. The first-order chi connectivity index (χ1) is 9.24. The number of nitrogens with zero attached hydrogens (tertiary/aromatic N) is 3. The van der Waals surface area contributed by atoms with E-state index >= 15 is 0 Å². The first-order valence-electron chi connectivity index (χ1n) is 5.71. The second kappa shape index (κ2) is 6.24. The van der Waals surface area contributed by atoms with E-state index in [4.69, 9.17) is 21.1 Å². The van der Waals surface area contributed by atoms with Crippen LogP contribution >= 0.6 is 11.6 Å². The number of ether oxygens (including phenoxy) is 2. The molecule has 0 bridgehead atoms. The van der Waals surface area contributed by atoms with E-state index in [1.807, 2.05) is 13.0 Å². The molecule has 2 rings (SSSR count). The monoisotopic (exact) mass is 283 g/mol. The third kappa shape index (κ3) is 3.25. The van der Waals surface area contributed by atoms with Crippen molar-refractivity contribution in [1.29, 1.82) is 0 Å². The molecular formula is C11H14ClN5O2. The lowest BCUT2D eigenvalue weighted by molar-refractivity contribution is 0.310. The molecule has 102 valence electrons. The average molecular weight is 284 g/mol. The summed E-state index contributed by atoms with van der Waals surface area (Å²) in [6.07, 6.45) is 0. The first kappa shape index (κ1) is 13.4. The molecule has 2 aromatic rings. The van der Waals surface area contributed by atoms with Crippen molar-refractivity contribution in [3.63, 3.8) is 0 Å². The molecule has 8 heteroatoms. The zero-order chi connectivity index (χ0) is 13.7. The zero-order valence-corrected chi connectivity index (χ0v) is 11.4. The van der Waals surface area contributed by atoms with Crippen LogP contribution in [0.5, 0.6) is 11.5 Å². The van der Waals surface area contributed by atoms with Crippen molar-refractivity contribution in [3.05, 3.63) is 22.7 Å².